The zero-order valence-electron chi connectivity index (χ0n) is 17.3. The van der Waals surface area contributed by atoms with E-state index in [9.17, 15) is 13.5 Å². The summed E-state index contributed by atoms with van der Waals surface area (Å²) >= 11 is 0. The Morgan fingerprint density at radius 3 is 2.41 bits per heavy atom. The lowest BCUT2D eigenvalue weighted by Gasteiger charge is -2.16. The van der Waals surface area contributed by atoms with Crippen LogP contribution in [0.3, 0.4) is 0 Å². The van der Waals surface area contributed by atoms with Crippen LogP contribution in [0.25, 0.3) is 0 Å². The average molecular weight is 424 g/mol. The molecule has 1 atom stereocenters. The molecule has 0 radical (unpaired) electrons. The van der Waals surface area contributed by atoms with Crippen LogP contribution in [0.5, 0.6) is 17.2 Å². The van der Waals surface area contributed by atoms with Crippen LogP contribution in [-0.4, -0.2) is 59.3 Å². The monoisotopic (exact) mass is 423 g/mol. The van der Waals surface area contributed by atoms with Crippen molar-refractivity contribution in [2.24, 2.45) is 0 Å². The van der Waals surface area contributed by atoms with Gasteiger partial charge in [0.25, 0.3) is 0 Å². The third kappa shape index (κ3) is 6.92. The van der Waals surface area contributed by atoms with Gasteiger partial charge in [-0.25, -0.2) is 8.42 Å². The highest BCUT2D eigenvalue weighted by Gasteiger charge is 2.16. The van der Waals surface area contributed by atoms with Crippen molar-refractivity contribution in [2.75, 3.05) is 39.7 Å². The van der Waals surface area contributed by atoms with Crippen molar-refractivity contribution >= 4 is 9.84 Å². The van der Waals surface area contributed by atoms with E-state index in [2.05, 4.69) is 5.32 Å². The average Bonchev–Trinajstić information content (AvgIpc) is 2.66. The van der Waals surface area contributed by atoms with Gasteiger partial charge >= 0.3 is 0 Å². The van der Waals surface area contributed by atoms with E-state index in [1.54, 1.807) is 13.0 Å². The van der Waals surface area contributed by atoms with E-state index in [4.69, 9.17) is 14.2 Å². The summed E-state index contributed by atoms with van der Waals surface area (Å²) in [6.45, 7) is 5.05. The maximum absolute atomic E-state index is 11.8. The molecule has 0 aliphatic rings. The summed E-state index contributed by atoms with van der Waals surface area (Å²) < 4.78 is 40.2. The van der Waals surface area contributed by atoms with E-state index < -0.39 is 15.9 Å². The van der Waals surface area contributed by atoms with Gasteiger partial charge in [-0.05, 0) is 37.1 Å². The zero-order valence-corrected chi connectivity index (χ0v) is 18.1. The van der Waals surface area contributed by atoms with Crippen molar-refractivity contribution in [1.82, 2.24) is 5.32 Å². The van der Waals surface area contributed by atoms with Gasteiger partial charge in [-0.15, -0.1) is 0 Å². The minimum absolute atomic E-state index is 0.193. The van der Waals surface area contributed by atoms with Crippen LogP contribution >= 0.6 is 0 Å². The Balaban J connectivity index is 1.77. The summed E-state index contributed by atoms with van der Waals surface area (Å²) in [6.07, 6.45) is 0.508. The molecule has 0 aromatic heterocycles. The van der Waals surface area contributed by atoms with Gasteiger partial charge in [0.15, 0.2) is 21.3 Å². The Morgan fingerprint density at radius 1 is 1.03 bits per heavy atom. The summed E-state index contributed by atoms with van der Waals surface area (Å²) in [4.78, 5) is 0.219. The molecule has 0 fully saturated rings. The number of rotatable bonds is 11. The molecule has 0 bridgehead atoms. The van der Waals surface area contributed by atoms with Gasteiger partial charge < -0.3 is 24.6 Å². The first kappa shape index (κ1) is 23.0. The van der Waals surface area contributed by atoms with Crippen LogP contribution in [0.2, 0.25) is 0 Å². The molecular weight excluding hydrogens is 394 g/mol. The first-order valence-electron chi connectivity index (χ1n) is 9.31. The lowest BCUT2D eigenvalue weighted by Crippen LogP contribution is -2.33. The first-order chi connectivity index (χ1) is 13.7. The molecule has 2 rings (SSSR count). The summed E-state index contributed by atoms with van der Waals surface area (Å²) in [5.74, 6) is 1.60. The van der Waals surface area contributed by atoms with Gasteiger partial charge in [0.2, 0.25) is 0 Å². The number of hydrogen-bond donors (Lipinski definition) is 2. The zero-order chi connectivity index (χ0) is 21.4. The van der Waals surface area contributed by atoms with Crippen LogP contribution in [-0.2, 0) is 9.84 Å². The number of hydrogen-bond acceptors (Lipinski definition) is 7. The fourth-order valence-electron chi connectivity index (χ4n) is 2.78. The Hall–Kier alpha value is -2.29. The molecule has 0 saturated carbocycles. The molecule has 0 aliphatic heterocycles. The van der Waals surface area contributed by atoms with E-state index >= 15 is 0 Å². The van der Waals surface area contributed by atoms with Crippen LogP contribution in [0.4, 0.5) is 0 Å². The molecule has 2 aromatic carbocycles. The number of sulfone groups is 1. The molecule has 2 N–H and O–H groups in total. The van der Waals surface area contributed by atoms with Gasteiger partial charge in [-0.3, -0.25) is 0 Å². The van der Waals surface area contributed by atoms with Gasteiger partial charge in [0.05, 0.1) is 12.0 Å². The molecule has 2 aromatic rings. The fourth-order valence-corrected chi connectivity index (χ4v) is 3.74. The van der Waals surface area contributed by atoms with Crippen LogP contribution in [0.1, 0.15) is 11.1 Å². The Morgan fingerprint density at radius 2 is 1.76 bits per heavy atom. The van der Waals surface area contributed by atoms with Crippen molar-refractivity contribution in [1.29, 1.82) is 0 Å². The minimum atomic E-state index is -3.34. The number of benzene rings is 2. The number of aliphatic hydroxyl groups excluding tert-OH is 1. The van der Waals surface area contributed by atoms with Gasteiger partial charge in [-0.1, -0.05) is 18.2 Å². The van der Waals surface area contributed by atoms with Gasteiger partial charge in [0.1, 0.15) is 25.1 Å². The Labute approximate surface area is 172 Å². The summed E-state index contributed by atoms with van der Waals surface area (Å²) in [6, 6.07) is 10.8. The highest BCUT2D eigenvalue weighted by Crippen LogP contribution is 2.32. The van der Waals surface area contributed by atoms with E-state index in [-0.39, 0.29) is 11.5 Å². The Bertz CT molecular complexity index is 913. The second-order valence-electron chi connectivity index (χ2n) is 6.82. The van der Waals surface area contributed by atoms with Crippen molar-refractivity contribution < 1.29 is 27.7 Å². The predicted octanol–water partition coefficient (Wildman–Crippen LogP) is 2.12. The maximum atomic E-state index is 11.8. The second kappa shape index (κ2) is 10.5. The second-order valence-corrected chi connectivity index (χ2v) is 8.81. The molecule has 29 heavy (non-hydrogen) atoms. The number of nitrogens with one attached hydrogen (secondary N) is 1. The summed E-state index contributed by atoms with van der Waals surface area (Å²) in [5.41, 5.74) is 1.62. The van der Waals surface area contributed by atoms with Crippen molar-refractivity contribution in [2.45, 2.75) is 24.8 Å². The topological polar surface area (TPSA) is 94.1 Å². The van der Waals surface area contributed by atoms with Gasteiger partial charge in [0, 0.05) is 25.4 Å². The molecule has 8 heteroatoms. The number of methoxy groups -OCH3 is 1. The quantitative estimate of drug-likeness (QED) is 0.535. The molecule has 0 amide bonds. The third-order valence-electron chi connectivity index (χ3n) is 4.30. The van der Waals surface area contributed by atoms with Gasteiger partial charge in [-0.2, -0.15) is 0 Å². The van der Waals surface area contributed by atoms with Crippen LogP contribution < -0.4 is 19.5 Å². The van der Waals surface area contributed by atoms with Crippen molar-refractivity contribution in [3.63, 3.8) is 0 Å². The number of aryl methyl sites for hydroxylation is 2. The lowest BCUT2D eigenvalue weighted by molar-refractivity contribution is 0.105. The third-order valence-corrected chi connectivity index (χ3v) is 5.54. The van der Waals surface area contributed by atoms with E-state index in [1.807, 2.05) is 31.2 Å². The van der Waals surface area contributed by atoms with Crippen LogP contribution in [0, 0.1) is 13.8 Å². The lowest BCUT2D eigenvalue weighted by atomic mass is 10.2. The number of ether oxygens (including phenoxy) is 3. The van der Waals surface area contributed by atoms with E-state index in [1.165, 1.54) is 13.2 Å². The first-order valence-corrected chi connectivity index (χ1v) is 11.2. The van der Waals surface area contributed by atoms with Crippen molar-refractivity contribution in [3.05, 3.63) is 47.5 Å². The highest BCUT2D eigenvalue weighted by atomic mass is 32.2. The molecule has 0 saturated heterocycles. The summed E-state index contributed by atoms with van der Waals surface area (Å²) in [7, 11) is -1.87. The maximum Gasteiger partial charge on any atom is 0.175 e. The van der Waals surface area contributed by atoms with Crippen molar-refractivity contribution in [3.8, 4) is 17.2 Å². The molecule has 1 unspecified atom stereocenters. The molecule has 160 valence electrons. The predicted molar refractivity (Wildman–Crippen MR) is 112 cm³/mol. The molecule has 0 aliphatic carbocycles. The van der Waals surface area contributed by atoms with Crippen LogP contribution in [0.15, 0.2) is 41.3 Å². The molecule has 0 heterocycles. The molecule has 7 nitrogen and oxygen atoms in total. The van der Waals surface area contributed by atoms with E-state index in [0.29, 0.717) is 36.8 Å². The normalized spacial score (nSPS) is 12.4. The largest absolute Gasteiger partial charge is 0.493 e. The minimum Gasteiger partial charge on any atom is -0.493 e. The molecule has 0 spiro atoms. The smallest absolute Gasteiger partial charge is 0.175 e. The SMILES string of the molecule is COc1cc(S(C)(=O)=O)c(C)cc1OCCNCC(O)COc1ccccc1C. The standard InChI is InChI=1S/C21H29NO6S/c1-15-7-5-6-8-18(15)28-14-17(23)13-22-9-10-27-20-11-16(2)21(29(4,24)25)12-19(20)26-3/h5-8,11-12,17,22-23H,9-10,13-14H2,1-4H3. The fraction of sp³-hybridized carbons (Fsp3) is 0.429. The Kier molecular flexibility index (Phi) is 8.31. The molecular formula is C21H29NO6S. The van der Waals surface area contributed by atoms with E-state index in [0.717, 1.165) is 17.6 Å². The summed E-state index contributed by atoms with van der Waals surface area (Å²) in [5, 5.41) is 13.1. The number of para-hydroxylation sites is 1. The highest BCUT2D eigenvalue weighted by molar-refractivity contribution is 7.90. The number of aliphatic hydroxyl groups is 1.